The van der Waals surface area contributed by atoms with Gasteiger partial charge < -0.3 is 15.0 Å². The number of benzene rings is 1. The molecule has 166 valence electrons. The number of sulfonamides is 1. The van der Waals surface area contributed by atoms with Crippen molar-refractivity contribution in [2.45, 2.75) is 36.5 Å². The number of anilines is 1. The van der Waals surface area contributed by atoms with Crippen molar-refractivity contribution in [1.29, 1.82) is 0 Å². The van der Waals surface area contributed by atoms with Gasteiger partial charge in [-0.15, -0.1) is 11.8 Å². The van der Waals surface area contributed by atoms with Gasteiger partial charge in [0.05, 0.1) is 23.8 Å². The molecule has 1 saturated heterocycles. The van der Waals surface area contributed by atoms with Crippen LogP contribution in [0.3, 0.4) is 0 Å². The van der Waals surface area contributed by atoms with Crippen molar-refractivity contribution in [3.05, 3.63) is 18.2 Å². The number of nitrogens with one attached hydrogen (secondary N) is 1. The van der Waals surface area contributed by atoms with Crippen molar-refractivity contribution in [3.63, 3.8) is 0 Å². The van der Waals surface area contributed by atoms with Crippen LogP contribution in [0.2, 0.25) is 0 Å². The average molecular weight is 456 g/mol. The molecule has 1 aromatic rings. The van der Waals surface area contributed by atoms with Crippen LogP contribution in [0, 0.1) is 5.92 Å². The Labute approximate surface area is 182 Å². The SMILES string of the molecule is CCCCNC(=O)CN1C(=O)[C@H](C)CSc2ccc(S(=O)(=O)N3CCOCC3)cc21. The van der Waals surface area contributed by atoms with Crippen molar-refractivity contribution in [3.8, 4) is 0 Å². The molecule has 1 fully saturated rings. The largest absolute Gasteiger partial charge is 0.379 e. The van der Waals surface area contributed by atoms with Crippen LogP contribution < -0.4 is 10.2 Å². The lowest BCUT2D eigenvalue weighted by atomic mass is 10.1. The minimum atomic E-state index is -3.70. The smallest absolute Gasteiger partial charge is 0.243 e. The van der Waals surface area contributed by atoms with Gasteiger partial charge in [0.2, 0.25) is 21.8 Å². The van der Waals surface area contributed by atoms with E-state index in [1.165, 1.54) is 27.0 Å². The Morgan fingerprint density at radius 3 is 2.73 bits per heavy atom. The van der Waals surface area contributed by atoms with Crippen LogP contribution in [0.25, 0.3) is 0 Å². The van der Waals surface area contributed by atoms with Crippen LogP contribution in [0.5, 0.6) is 0 Å². The molecule has 0 aromatic heterocycles. The second-order valence-corrected chi connectivity index (χ2v) is 10.5. The van der Waals surface area contributed by atoms with Gasteiger partial charge >= 0.3 is 0 Å². The molecule has 2 amide bonds. The summed E-state index contributed by atoms with van der Waals surface area (Å²) < 4.78 is 32.8. The van der Waals surface area contributed by atoms with E-state index in [1.807, 2.05) is 13.8 Å². The summed E-state index contributed by atoms with van der Waals surface area (Å²) in [4.78, 5) is 27.8. The molecule has 0 bridgehead atoms. The normalized spacial score (nSPS) is 20.5. The third-order valence-electron chi connectivity index (χ3n) is 5.16. The summed E-state index contributed by atoms with van der Waals surface area (Å²) in [5.74, 6) is -0.115. The monoisotopic (exact) mass is 455 g/mol. The van der Waals surface area contributed by atoms with Crippen LogP contribution in [-0.4, -0.2) is 69.7 Å². The zero-order valence-electron chi connectivity index (χ0n) is 17.4. The molecule has 2 aliphatic rings. The average Bonchev–Trinajstić information content (AvgIpc) is 2.86. The third-order valence-corrected chi connectivity index (χ3v) is 8.38. The van der Waals surface area contributed by atoms with Crippen molar-refractivity contribution < 1.29 is 22.7 Å². The molecule has 1 aromatic carbocycles. The van der Waals surface area contributed by atoms with Crippen molar-refractivity contribution in [1.82, 2.24) is 9.62 Å². The predicted molar refractivity (Wildman–Crippen MR) is 116 cm³/mol. The van der Waals surface area contributed by atoms with Gasteiger partial charge in [-0.2, -0.15) is 4.31 Å². The number of unbranched alkanes of at least 4 members (excludes halogenated alkanes) is 1. The molecule has 1 atom stereocenters. The lowest BCUT2D eigenvalue weighted by molar-refractivity contribution is -0.125. The molecular weight excluding hydrogens is 426 g/mol. The fourth-order valence-corrected chi connectivity index (χ4v) is 5.85. The Hall–Kier alpha value is -1.62. The van der Waals surface area contributed by atoms with Gasteiger partial charge in [0.25, 0.3) is 0 Å². The Morgan fingerprint density at radius 1 is 1.30 bits per heavy atom. The molecule has 2 aliphatic heterocycles. The highest BCUT2D eigenvalue weighted by atomic mass is 32.2. The zero-order chi connectivity index (χ0) is 21.7. The van der Waals surface area contributed by atoms with Gasteiger partial charge in [0.15, 0.2) is 0 Å². The molecule has 0 saturated carbocycles. The summed E-state index contributed by atoms with van der Waals surface area (Å²) in [5.41, 5.74) is 0.481. The first kappa shape index (κ1) is 23.1. The maximum Gasteiger partial charge on any atom is 0.243 e. The van der Waals surface area contributed by atoms with E-state index in [4.69, 9.17) is 4.74 Å². The lowest BCUT2D eigenvalue weighted by Gasteiger charge is -2.27. The van der Waals surface area contributed by atoms with Crippen LogP contribution in [0.1, 0.15) is 26.7 Å². The number of fused-ring (bicyclic) bond motifs is 1. The lowest BCUT2D eigenvalue weighted by Crippen LogP contribution is -2.43. The summed E-state index contributed by atoms with van der Waals surface area (Å²) >= 11 is 1.51. The summed E-state index contributed by atoms with van der Waals surface area (Å²) in [7, 11) is -3.70. The van der Waals surface area contributed by atoms with E-state index >= 15 is 0 Å². The maximum atomic E-state index is 13.1. The summed E-state index contributed by atoms with van der Waals surface area (Å²) in [6.45, 7) is 5.62. The number of morpholine rings is 1. The predicted octanol–water partition coefficient (Wildman–Crippen LogP) is 1.70. The Kier molecular flexibility index (Phi) is 7.78. The van der Waals surface area contributed by atoms with Gasteiger partial charge in [0.1, 0.15) is 6.54 Å². The first-order valence-corrected chi connectivity index (χ1v) is 12.7. The maximum absolute atomic E-state index is 13.1. The molecule has 0 radical (unpaired) electrons. The standard InChI is InChI=1S/C20H29N3O5S2/c1-3-4-7-21-19(24)13-23-17-12-16(30(26,27)22-8-10-28-11-9-22)5-6-18(17)29-14-15(2)20(23)25/h5-6,12,15H,3-4,7-11,13-14H2,1-2H3,(H,21,24)/t15-/m1/s1. The number of carbonyl (C=O) groups is 2. The van der Waals surface area contributed by atoms with E-state index < -0.39 is 10.0 Å². The third kappa shape index (κ3) is 5.16. The van der Waals surface area contributed by atoms with Gasteiger partial charge in [-0.05, 0) is 24.6 Å². The van der Waals surface area contributed by atoms with Crippen LogP contribution in [0.15, 0.2) is 28.0 Å². The number of carbonyl (C=O) groups excluding carboxylic acids is 2. The van der Waals surface area contributed by atoms with Gasteiger partial charge in [-0.3, -0.25) is 9.59 Å². The van der Waals surface area contributed by atoms with Gasteiger partial charge in [-0.25, -0.2) is 8.42 Å². The topological polar surface area (TPSA) is 96.0 Å². The van der Waals surface area contributed by atoms with Crippen LogP contribution in [0.4, 0.5) is 5.69 Å². The number of rotatable bonds is 7. The van der Waals surface area contributed by atoms with E-state index in [1.54, 1.807) is 12.1 Å². The number of nitrogens with zero attached hydrogens (tertiary/aromatic N) is 2. The van der Waals surface area contributed by atoms with Crippen molar-refractivity contribution in [2.24, 2.45) is 5.92 Å². The van der Waals surface area contributed by atoms with Crippen molar-refractivity contribution in [2.75, 3.05) is 50.0 Å². The summed E-state index contributed by atoms with van der Waals surface area (Å²) in [6, 6.07) is 4.85. The molecule has 30 heavy (non-hydrogen) atoms. The molecule has 0 unspecified atom stereocenters. The molecule has 0 aliphatic carbocycles. The molecule has 8 nitrogen and oxygen atoms in total. The Bertz CT molecular complexity index is 884. The number of hydrogen-bond acceptors (Lipinski definition) is 6. The molecular formula is C20H29N3O5S2. The molecule has 3 rings (SSSR count). The first-order chi connectivity index (χ1) is 14.3. The Balaban J connectivity index is 1.92. The van der Waals surface area contributed by atoms with E-state index in [9.17, 15) is 18.0 Å². The molecule has 10 heteroatoms. The molecule has 0 spiro atoms. The second kappa shape index (κ2) is 10.1. The highest BCUT2D eigenvalue weighted by Crippen LogP contribution is 2.38. The highest BCUT2D eigenvalue weighted by molar-refractivity contribution is 7.99. The van der Waals surface area contributed by atoms with E-state index in [-0.39, 0.29) is 29.2 Å². The summed E-state index contributed by atoms with van der Waals surface area (Å²) in [5, 5.41) is 2.83. The quantitative estimate of drug-likeness (QED) is 0.629. The fourth-order valence-electron chi connectivity index (χ4n) is 3.36. The zero-order valence-corrected chi connectivity index (χ0v) is 19.1. The minimum Gasteiger partial charge on any atom is -0.379 e. The Morgan fingerprint density at radius 2 is 2.03 bits per heavy atom. The van der Waals surface area contributed by atoms with E-state index in [0.717, 1.165) is 17.7 Å². The first-order valence-electron chi connectivity index (χ1n) is 10.3. The van der Waals surface area contributed by atoms with Gasteiger partial charge in [-0.1, -0.05) is 20.3 Å². The number of ether oxygens (including phenoxy) is 1. The van der Waals surface area contributed by atoms with E-state index in [0.29, 0.717) is 44.3 Å². The molecule has 2 heterocycles. The second-order valence-electron chi connectivity index (χ2n) is 7.49. The van der Waals surface area contributed by atoms with Gasteiger partial charge in [0, 0.05) is 36.2 Å². The number of hydrogen-bond donors (Lipinski definition) is 1. The number of thioether (sulfide) groups is 1. The summed E-state index contributed by atoms with van der Waals surface area (Å²) in [6.07, 6.45) is 1.83. The fraction of sp³-hybridized carbons (Fsp3) is 0.600. The highest BCUT2D eigenvalue weighted by Gasteiger charge is 2.32. The van der Waals surface area contributed by atoms with E-state index in [2.05, 4.69) is 5.32 Å². The van der Waals surface area contributed by atoms with Crippen LogP contribution in [-0.2, 0) is 24.3 Å². The number of amides is 2. The van der Waals surface area contributed by atoms with Crippen LogP contribution >= 0.6 is 11.8 Å². The molecule has 1 N–H and O–H groups in total. The van der Waals surface area contributed by atoms with Crippen molar-refractivity contribution >= 4 is 39.3 Å². The minimum absolute atomic E-state index is 0.124.